The highest BCUT2D eigenvalue weighted by Gasteiger charge is 2.45. The van der Waals surface area contributed by atoms with Crippen LogP contribution in [0.5, 0.6) is 5.75 Å². The maximum Gasteiger partial charge on any atom is 0.256 e. The highest BCUT2D eigenvalue weighted by atomic mass is 16.5. The van der Waals surface area contributed by atoms with E-state index in [0.717, 1.165) is 18.6 Å². The molecule has 0 spiro atoms. The minimum Gasteiger partial charge on any atom is -0.494 e. The molecule has 1 aliphatic heterocycles. The molecule has 2 aromatic rings. The fourth-order valence-corrected chi connectivity index (χ4v) is 3.03. The van der Waals surface area contributed by atoms with Crippen molar-refractivity contribution in [1.82, 2.24) is 4.90 Å². The summed E-state index contributed by atoms with van der Waals surface area (Å²) in [5.74, 6) is 0.730. The number of amides is 1. The smallest absolute Gasteiger partial charge is 0.256 e. The lowest BCUT2D eigenvalue weighted by Crippen LogP contribution is -2.40. The van der Waals surface area contributed by atoms with E-state index in [2.05, 4.69) is 0 Å². The molecule has 2 aromatic carbocycles. The Labute approximate surface area is 136 Å². The van der Waals surface area contributed by atoms with Crippen LogP contribution in [-0.4, -0.2) is 29.6 Å². The molecular weight excluding hydrogens is 290 g/mol. The number of carbonyl (C=O) groups is 1. The first-order valence-corrected chi connectivity index (χ1v) is 7.91. The number of benzene rings is 2. The highest BCUT2D eigenvalue weighted by molar-refractivity contribution is 5.99. The molecule has 3 rings (SSSR count). The molecule has 1 aliphatic rings. The van der Waals surface area contributed by atoms with E-state index in [9.17, 15) is 9.90 Å². The second kappa shape index (κ2) is 6.42. The summed E-state index contributed by atoms with van der Waals surface area (Å²) in [6.07, 6.45) is 2.10. The summed E-state index contributed by atoms with van der Waals surface area (Å²) in [7, 11) is 1.66. The monoisotopic (exact) mass is 311 g/mol. The van der Waals surface area contributed by atoms with Crippen LogP contribution in [0.2, 0.25) is 0 Å². The molecule has 0 bridgehead atoms. The Morgan fingerprint density at radius 1 is 1.04 bits per heavy atom. The molecule has 0 saturated heterocycles. The van der Waals surface area contributed by atoms with E-state index in [0.29, 0.717) is 24.2 Å². The van der Waals surface area contributed by atoms with Crippen molar-refractivity contribution in [3.63, 3.8) is 0 Å². The number of carbonyl (C=O) groups excluding carboxylic acids is 1. The fraction of sp³-hybridized carbons (Fsp3) is 0.316. The molecule has 1 N–H and O–H groups in total. The zero-order valence-electron chi connectivity index (χ0n) is 13.2. The van der Waals surface area contributed by atoms with Crippen LogP contribution < -0.4 is 4.74 Å². The molecule has 23 heavy (non-hydrogen) atoms. The minimum absolute atomic E-state index is 0.122. The molecule has 4 nitrogen and oxygen atoms in total. The van der Waals surface area contributed by atoms with Crippen molar-refractivity contribution < 1.29 is 14.6 Å². The van der Waals surface area contributed by atoms with E-state index in [-0.39, 0.29) is 5.91 Å². The zero-order valence-corrected chi connectivity index (χ0v) is 13.2. The molecular formula is C19H21NO3. The van der Waals surface area contributed by atoms with Crippen molar-refractivity contribution in [2.75, 3.05) is 13.7 Å². The van der Waals surface area contributed by atoms with Gasteiger partial charge in [-0.3, -0.25) is 4.79 Å². The predicted molar refractivity (Wildman–Crippen MR) is 88.2 cm³/mol. The number of unbranched alkanes of at least 4 members (excludes halogenated alkanes) is 1. The number of aliphatic hydroxyl groups is 1. The van der Waals surface area contributed by atoms with Gasteiger partial charge in [0.25, 0.3) is 5.91 Å². The van der Waals surface area contributed by atoms with Gasteiger partial charge in [0.2, 0.25) is 0 Å². The molecule has 0 aliphatic carbocycles. The predicted octanol–water partition coefficient (Wildman–Crippen LogP) is 3.17. The first kappa shape index (κ1) is 15.6. The Hall–Kier alpha value is -2.33. The van der Waals surface area contributed by atoms with Crippen LogP contribution in [0.4, 0.5) is 0 Å². The molecule has 0 saturated carbocycles. The SMILES string of the molecule is CN1C(=O)c2ccccc2C1(O)CCCCOc1ccccc1. The van der Waals surface area contributed by atoms with Crippen molar-refractivity contribution in [1.29, 1.82) is 0 Å². The van der Waals surface area contributed by atoms with E-state index in [1.165, 1.54) is 4.90 Å². The van der Waals surface area contributed by atoms with Crippen molar-refractivity contribution in [2.24, 2.45) is 0 Å². The number of ether oxygens (including phenoxy) is 1. The Balaban J connectivity index is 1.56. The number of hydrogen-bond donors (Lipinski definition) is 1. The van der Waals surface area contributed by atoms with Gasteiger partial charge < -0.3 is 14.7 Å². The lowest BCUT2D eigenvalue weighted by molar-refractivity contribution is -0.0802. The fourth-order valence-electron chi connectivity index (χ4n) is 3.03. The van der Waals surface area contributed by atoms with Crippen LogP contribution in [0.3, 0.4) is 0 Å². The number of hydrogen-bond acceptors (Lipinski definition) is 3. The van der Waals surface area contributed by atoms with Gasteiger partial charge in [-0.15, -0.1) is 0 Å². The molecule has 0 aromatic heterocycles. The Morgan fingerprint density at radius 2 is 1.74 bits per heavy atom. The summed E-state index contributed by atoms with van der Waals surface area (Å²) < 4.78 is 5.66. The zero-order chi connectivity index (χ0) is 16.3. The van der Waals surface area contributed by atoms with Gasteiger partial charge in [-0.25, -0.2) is 0 Å². The molecule has 4 heteroatoms. The van der Waals surface area contributed by atoms with E-state index in [4.69, 9.17) is 4.74 Å². The first-order valence-electron chi connectivity index (χ1n) is 7.91. The summed E-state index contributed by atoms with van der Waals surface area (Å²) in [5, 5.41) is 11.0. The van der Waals surface area contributed by atoms with Gasteiger partial charge in [-0.2, -0.15) is 0 Å². The lowest BCUT2D eigenvalue weighted by Gasteiger charge is -2.31. The summed E-state index contributed by atoms with van der Waals surface area (Å²) in [4.78, 5) is 13.7. The molecule has 1 heterocycles. The van der Waals surface area contributed by atoms with Crippen LogP contribution in [-0.2, 0) is 5.72 Å². The average Bonchev–Trinajstić information content (AvgIpc) is 2.78. The van der Waals surface area contributed by atoms with E-state index >= 15 is 0 Å². The Morgan fingerprint density at radius 3 is 2.52 bits per heavy atom. The quantitative estimate of drug-likeness (QED) is 0.834. The van der Waals surface area contributed by atoms with Gasteiger partial charge in [0.05, 0.1) is 6.61 Å². The largest absolute Gasteiger partial charge is 0.494 e. The van der Waals surface area contributed by atoms with Crippen LogP contribution in [0.1, 0.15) is 35.2 Å². The van der Waals surface area contributed by atoms with Crippen LogP contribution in [0, 0.1) is 0 Å². The topological polar surface area (TPSA) is 49.8 Å². The van der Waals surface area contributed by atoms with Crippen molar-refractivity contribution in [2.45, 2.75) is 25.0 Å². The number of nitrogens with zero attached hydrogens (tertiary/aromatic N) is 1. The summed E-state index contributed by atoms with van der Waals surface area (Å²) in [6.45, 7) is 0.597. The van der Waals surface area contributed by atoms with Crippen molar-refractivity contribution >= 4 is 5.91 Å². The third-order valence-electron chi connectivity index (χ3n) is 4.38. The Kier molecular flexibility index (Phi) is 4.35. The van der Waals surface area contributed by atoms with E-state index in [1.807, 2.05) is 48.5 Å². The number of fused-ring (bicyclic) bond motifs is 1. The van der Waals surface area contributed by atoms with Crippen LogP contribution >= 0.6 is 0 Å². The molecule has 0 fully saturated rings. The molecule has 1 atom stereocenters. The van der Waals surface area contributed by atoms with Gasteiger partial charge in [-0.1, -0.05) is 36.4 Å². The standard InChI is InChI=1S/C19H21NO3/c1-20-18(21)16-11-5-6-12-17(16)19(20,22)13-7-8-14-23-15-9-3-2-4-10-15/h2-6,9-12,22H,7-8,13-14H2,1H3. The number of para-hydroxylation sites is 1. The van der Waals surface area contributed by atoms with E-state index < -0.39 is 5.72 Å². The minimum atomic E-state index is -1.21. The lowest BCUT2D eigenvalue weighted by atomic mass is 9.96. The highest BCUT2D eigenvalue weighted by Crippen LogP contribution is 2.39. The summed E-state index contributed by atoms with van der Waals surface area (Å²) >= 11 is 0. The summed E-state index contributed by atoms with van der Waals surface area (Å²) in [6, 6.07) is 17.0. The first-order chi connectivity index (χ1) is 11.1. The second-order valence-electron chi connectivity index (χ2n) is 5.84. The molecule has 1 amide bonds. The van der Waals surface area contributed by atoms with Crippen LogP contribution in [0.15, 0.2) is 54.6 Å². The van der Waals surface area contributed by atoms with Gasteiger partial charge in [-0.05, 0) is 37.5 Å². The van der Waals surface area contributed by atoms with Crippen LogP contribution in [0.25, 0.3) is 0 Å². The van der Waals surface area contributed by atoms with Crippen molar-refractivity contribution in [3.8, 4) is 5.75 Å². The second-order valence-corrected chi connectivity index (χ2v) is 5.84. The third-order valence-corrected chi connectivity index (χ3v) is 4.38. The maximum absolute atomic E-state index is 12.2. The maximum atomic E-state index is 12.2. The number of rotatable bonds is 6. The Bertz CT molecular complexity index is 686. The normalized spacial score (nSPS) is 19.7. The van der Waals surface area contributed by atoms with Gasteiger partial charge >= 0.3 is 0 Å². The van der Waals surface area contributed by atoms with Crippen molar-refractivity contribution in [3.05, 3.63) is 65.7 Å². The molecule has 1 unspecified atom stereocenters. The molecule has 120 valence electrons. The average molecular weight is 311 g/mol. The molecule has 0 radical (unpaired) electrons. The van der Waals surface area contributed by atoms with Gasteiger partial charge in [0.1, 0.15) is 5.75 Å². The third kappa shape index (κ3) is 2.94. The van der Waals surface area contributed by atoms with E-state index in [1.54, 1.807) is 13.1 Å². The van der Waals surface area contributed by atoms with Gasteiger partial charge in [0, 0.05) is 18.2 Å². The van der Waals surface area contributed by atoms with Gasteiger partial charge in [0.15, 0.2) is 5.72 Å². The summed E-state index contributed by atoms with van der Waals surface area (Å²) in [5.41, 5.74) is 0.0926.